The van der Waals surface area contributed by atoms with Crippen LogP contribution in [0.3, 0.4) is 0 Å². The molecule has 2 saturated heterocycles. The van der Waals surface area contributed by atoms with E-state index in [0.717, 1.165) is 55.1 Å². The second-order valence-electron chi connectivity index (χ2n) is 7.90. The zero-order valence-electron chi connectivity index (χ0n) is 17.5. The first kappa shape index (κ1) is 19.7. The number of hydrogen-bond donors (Lipinski definition) is 0. The first-order chi connectivity index (χ1) is 14.7. The van der Waals surface area contributed by atoms with Crippen molar-refractivity contribution >= 4 is 22.6 Å². The molecule has 3 aliphatic rings. The maximum Gasteiger partial charge on any atom is 0.160 e. The van der Waals surface area contributed by atoms with Gasteiger partial charge in [0.1, 0.15) is 11.8 Å². The van der Waals surface area contributed by atoms with Gasteiger partial charge in [0.05, 0.1) is 37.2 Å². The summed E-state index contributed by atoms with van der Waals surface area (Å²) in [4.78, 5) is 14.5. The standard InChI is InChI=1S/C23H28N4O2S/c1-3-29-20-14-17(7-8-19(20)26-10-12-28-13-11-26)22-21(18-6-4-5-9-24-18)25-23-27(22)15-16(2)30-23/h4-9,14,16,21-22H,3,10-13,15H2,1-2H3/t16-,21-,22-/m1/s1. The van der Waals surface area contributed by atoms with Crippen LogP contribution < -0.4 is 9.64 Å². The van der Waals surface area contributed by atoms with Gasteiger partial charge in [0.15, 0.2) is 5.17 Å². The minimum absolute atomic E-state index is 0.00455. The molecule has 0 bridgehead atoms. The summed E-state index contributed by atoms with van der Waals surface area (Å²) >= 11 is 1.87. The van der Waals surface area contributed by atoms with Crippen LogP contribution in [0.1, 0.15) is 37.2 Å². The molecular weight excluding hydrogens is 396 g/mol. The van der Waals surface area contributed by atoms with Crippen LogP contribution in [0.2, 0.25) is 0 Å². The van der Waals surface area contributed by atoms with Crippen molar-refractivity contribution in [1.29, 1.82) is 0 Å². The summed E-state index contributed by atoms with van der Waals surface area (Å²) in [6.07, 6.45) is 1.86. The average molecular weight is 425 g/mol. The van der Waals surface area contributed by atoms with E-state index < -0.39 is 0 Å². The average Bonchev–Trinajstić information content (AvgIpc) is 3.31. The molecule has 1 aromatic heterocycles. The van der Waals surface area contributed by atoms with E-state index in [4.69, 9.17) is 14.5 Å². The molecule has 5 rings (SSSR count). The molecule has 30 heavy (non-hydrogen) atoms. The van der Waals surface area contributed by atoms with Crippen molar-refractivity contribution in [2.75, 3.05) is 44.4 Å². The Balaban J connectivity index is 1.52. The monoisotopic (exact) mass is 424 g/mol. The summed E-state index contributed by atoms with van der Waals surface area (Å²) in [5, 5.41) is 1.69. The van der Waals surface area contributed by atoms with Gasteiger partial charge in [0.2, 0.25) is 0 Å². The van der Waals surface area contributed by atoms with Crippen molar-refractivity contribution in [3.63, 3.8) is 0 Å². The Morgan fingerprint density at radius 3 is 2.83 bits per heavy atom. The highest BCUT2D eigenvalue weighted by Gasteiger charge is 2.43. The predicted octanol–water partition coefficient (Wildman–Crippen LogP) is 3.91. The quantitative estimate of drug-likeness (QED) is 0.726. The summed E-state index contributed by atoms with van der Waals surface area (Å²) in [5.41, 5.74) is 3.41. The SMILES string of the molecule is CCOc1cc([C@@H]2[C@@H](c3ccccn3)N=C3S[C@H](C)CN32)ccc1N1CCOCC1. The molecule has 1 aromatic carbocycles. The zero-order chi connectivity index (χ0) is 20.5. The van der Waals surface area contributed by atoms with Crippen LogP contribution in [0.4, 0.5) is 5.69 Å². The van der Waals surface area contributed by atoms with Crippen LogP contribution in [-0.4, -0.2) is 59.8 Å². The zero-order valence-corrected chi connectivity index (χ0v) is 18.3. The van der Waals surface area contributed by atoms with Gasteiger partial charge >= 0.3 is 0 Å². The molecule has 0 saturated carbocycles. The van der Waals surface area contributed by atoms with Crippen LogP contribution in [-0.2, 0) is 4.74 Å². The number of thioether (sulfide) groups is 1. The third kappa shape index (κ3) is 3.65. The second kappa shape index (κ2) is 8.47. The summed E-state index contributed by atoms with van der Waals surface area (Å²) < 4.78 is 11.6. The molecular formula is C23H28N4O2S. The van der Waals surface area contributed by atoms with E-state index in [0.29, 0.717) is 11.9 Å². The van der Waals surface area contributed by atoms with Gasteiger partial charge in [-0.25, -0.2) is 0 Å². The molecule has 7 heteroatoms. The van der Waals surface area contributed by atoms with Gasteiger partial charge in [-0.05, 0) is 36.8 Å². The Hall–Kier alpha value is -2.25. The van der Waals surface area contributed by atoms with Crippen LogP contribution in [0.15, 0.2) is 47.6 Å². The molecule has 0 aliphatic carbocycles. The van der Waals surface area contributed by atoms with Gasteiger partial charge in [-0.3, -0.25) is 9.98 Å². The third-order valence-corrected chi connectivity index (χ3v) is 6.96. The highest BCUT2D eigenvalue weighted by Crippen LogP contribution is 2.48. The highest BCUT2D eigenvalue weighted by molar-refractivity contribution is 8.14. The largest absolute Gasteiger partial charge is 0.492 e. The number of aromatic nitrogens is 1. The van der Waals surface area contributed by atoms with Crippen LogP contribution in [0.5, 0.6) is 5.75 Å². The molecule has 0 radical (unpaired) electrons. The lowest BCUT2D eigenvalue weighted by molar-refractivity contribution is 0.122. The number of aliphatic imine (C=N–C) groups is 1. The Labute approximate surface area is 182 Å². The fourth-order valence-corrected chi connectivity index (χ4v) is 5.62. The van der Waals surface area contributed by atoms with Gasteiger partial charge < -0.3 is 19.3 Å². The fourth-order valence-electron chi connectivity index (χ4n) is 4.53. The van der Waals surface area contributed by atoms with E-state index >= 15 is 0 Å². The number of morpholine rings is 1. The van der Waals surface area contributed by atoms with E-state index in [9.17, 15) is 0 Å². The molecule has 0 amide bonds. The van der Waals surface area contributed by atoms with E-state index in [1.807, 2.05) is 37.0 Å². The van der Waals surface area contributed by atoms with Crippen LogP contribution >= 0.6 is 11.8 Å². The number of pyridine rings is 1. The summed E-state index contributed by atoms with van der Waals surface area (Å²) in [6.45, 7) is 9.28. The maximum atomic E-state index is 6.10. The molecule has 3 aliphatic heterocycles. The van der Waals surface area contributed by atoms with Crippen molar-refractivity contribution in [1.82, 2.24) is 9.88 Å². The second-order valence-corrected chi connectivity index (χ2v) is 9.30. The number of rotatable bonds is 5. The lowest BCUT2D eigenvalue weighted by Crippen LogP contribution is -2.36. The molecule has 158 valence electrons. The fraction of sp³-hybridized carbons (Fsp3) is 0.478. The molecule has 2 aromatic rings. The molecule has 0 unspecified atom stereocenters. The van der Waals surface area contributed by atoms with Gasteiger partial charge in [0.25, 0.3) is 0 Å². The van der Waals surface area contributed by atoms with Crippen molar-refractivity contribution in [3.05, 3.63) is 53.9 Å². The van der Waals surface area contributed by atoms with Crippen molar-refractivity contribution < 1.29 is 9.47 Å². The molecule has 3 atom stereocenters. The molecule has 0 spiro atoms. The van der Waals surface area contributed by atoms with Crippen molar-refractivity contribution in [3.8, 4) is 5.75 Å². The lowest BCUT2D eigenvalue weighted by Gasteiger charge is -2.32. The molecule has 0 N–H and O–H groups in total. The highest BCUT2D eigenvalue weighted by atomic mass is 32.2. The number of anilines is 1. The smallest absolute Gasteiger partial charge is 0.160 e. The van der Waals surface area contributed by atoms with E-state index in [1.165, 1.54) is 5.56 Å². The van der Waals surface area contributed by atoms with Gasteiger partial charge in [-0.2, -0.15) is 0 Å². The van der Waals surface area contributed by atoms with Crippen LogP contribution in [0.25, 0.3) is 0 Å². The minimum Gasteiger partial charge on any atom is -0.492 e. The van der Waals surface area contributed by atoms with Crippen molar-refractivity contribution in [2.24, 2.45) is 4.99 Å². The summed E-state index contributed by atoms with van der Waals surface area (Å²) in [7, 11) is 0. The van der Waals surface area contributed by atoms with E-state index in [-0.39, 0.29) is 12.1 Å². The summed E-state index contributed by atoms with van der Waals surface area (Å²) in [5.74, 6) is 0.949. The van der Waals surface area contributed by atoms with Crippen LogP contribution in [0, 0.1) is 0 Å². The normalized spacial score (nSPS) is 25.9. The first-order valence-corrected chi connectivity index (χ1v) is 11.6. The van der Waals surface area contributed by atoms with E-state index in [2.05, 4.69) is 46.0 Å². The maximum absolute atomic E-state index is 6.10. The van der Waals surface area contributed by atoms with Crippen molar-refractivity contribution in [2.45, 2.75) is 31.2 Å². The molecule has 2 fully saturated rings. The minimum atomic E-state index is 0.00455. The number of ether oxygens (including phenoxy) is 2. The Morgan fingerprint density at radius 2 is 2.07 bits per heavy atom. The van der Waals surface area contributed by atoms with Gasteiger partial charge in [-0.15, -0.1) is 0 Å². The number of hydrogen-bond acceptors (Lipinski definition) is 7. The Bertz CT molecular complexity index is 917. The lowest BCUT2D eigenvalue weighted by atomic mass is 9.95. The van der Waals surface area contributed by atoms with Gasteiger partial charge in [0, 0.05) is 31.1 Å². The third-order valence-electron chi connectivity index (χ3n) is 5.86. The Morgan fingerprint density at radius 1 is 1.20 bits per heavy atom. The predicted molar refractivity (Wildman–Crippen MR) is 122 cm³/mol. The number of amidine groups is 1. The Kier molecular flexibility index (Phi) is 5.56. The topological polar surface area (TPSA) is 50.2 Å². The van der Waals surface area contributed by atoms with Gasteiger partial charge in [-0.1, -0.05) is 30.8 Å². The molecule has 6 nitrogen and oxygen atoms in total. The molecule has 4 heterocycles. The first-order valence-electron chi connectivity index (χ1n) is 10.8. The number of fused-ring (bicyclic) bond motifs is 1. The summed E-state index contributed by atoms with van der Waals surface area (Å²) in [6, 6.07) is 12.9. The van der Waals surface area contributed by atoms with E-state index in [1.54, 1.807) is 0 Å². The number of benzene rings is 1. The number of nitrogens with zero attached hydrogens (tertiary/aromatic N) is 4.